The van der Waals surface area contributed by atoms with Gasteiger partial charge in [-0.05, 0) is 48.4 Å². The molecule has 2 aromatic rings. The number of anilines is 1. The van der Waals surface area contributed by atoms with E-state index in [4.69, 9.17) is 4.74 Å². The van der Waals surface area contributed by atoms with Crippen molar-refractivity contribution in [3.8, 4) is 5.75 Å². The van der Waals surface area contributed by atoms with Gasteiger partial charge >= 0.3 is 5.97 Å². The summed E-state index contributed by atoms with van der Waals surface area (Å²) in [6.45, 7) is 1.40. The van der Waals surface area contributed by atoms with Gasteiger partial charge in [-0.2, -0.15) is 0 Å². The number of carbonyl (C=O) groups excluding carboxylic acids is 1. The predicted molar refractivity (Wildman–Crippen MR) is 103 cm³/mol. The third kappa shape index (κ3) is 5.07. The molecule has 28 heavy (non-hydrogen) atoms. The van der Waals surface area contributed by atoms with Crippen LogP contribution in [0.15, 0.2) is 48.5 Å². The maximum atomic E-state index is 13.0. The van der Waals surface area contributed by atoms with Crippen LogP contribution >= 0.6 is 0 Å². The van der Waals surface area contributed by atoms with Crippen molar-refractivity contribution in [1.29, 1.82) is 0 Å². The number of carbonyl (C=O) groups is 2. The topological polar surface area (TPSA) is 78.9 Å². The van der Waals surface area contributed by atoms with E-state index in [2.05, 4.69) is 5.32 Å². The van der Waals surface area contributed by atoms with Crippen LogP contribution in [0.5, 0.6) is 5.75 Å². The number of benzene rings is 2. The van der Waals surface area contributed by atoms with Gasteiger partial charge in [-0.25, -0.2) is 4.39 Å². The summed E-state index contributed by atoms with van der Waals surface area (Å²) in [7, 11) is 1.60. The lowest BCUT2D eigenvalue weighted by Crippen LogP contribution is -2.46. The highest BCUT2D eigenvalue weighted by atomic mass is 19.1. The van der Waals surface area contributed by atoms with Crippen molar-refractivity contribution < 1.29 is 23.8 Å². The van der Waals surface area contributed by atoms with E-state index in [9.17, 15) is 19.1 Å². The first-order valence-corrected chi connectivity index (χ1v) is 9.09. The Hall–Kier alpha value is -2.93. The van der Waals surface area contributed by atoms with Crippen LogP contribution in [0.25, 0.3) is 0 Å². The average molecular weight is 386 g/mol. The summed E-state index contributed by atoms with van der Waals surface area (Å²) in [6.07, 6.45) is 0.279. The second kappa shape index (κ2) is 8.84. The number of rotatable bonds is 6. The lowest BCUT2D eigenvalue weighted by Gasteiger charge is -2.35. The molecule has 0 aliphatic carbocycles. The fourth-order valence-corrected chi connectivity index (χ4v) is 3.46. The second-order valence-corrected chi connectivity index (χ2v) is 7.01. The Balaban J connectivity index is 1.68. The summed E-state index contributed by atoms with van der Waals surface area (Å²) < 4.78 is 18.2. The molecule has 3 rings (SSSR count). The Morgan fingerprint density at radius 3 is 2.36 bits per heavy atom. The molecule has 0 saturated carbocycles. The molecule has 1 heterocycles. The Morgan fingerprint density at radius 1 is 1.11 bits per heavy atom. The Morgan fingerprint density at radius 2 is 1.75 bits per heavy atom. The third-order valence-electron chi connectivity index (χ3n) is 4.92. The number of amides is 1. The van der Waals surface area contributed by atoms with Crippen LogP contribution in [0.4, 0.5) is 10.1 Å². The number of carboxylic acids is 1. The van der Waals surface area contributed by atoms with Crippen molar-refractivity contribution in [3.05, 3.63) is 59.9 Å². The SMILES string of the molecule is COc1ccc(CN2C[C@H](C(=O)O)C[C@@H](C(=O)Nc3ccc(F)cc3)C2)cc1. The number of piperidine rings is 1. The van der Waals surface area contributed by atoms with Gasteiger partial charge in [-0.3, -0.25) is 14.5 Å². The van der Waals surface area contributed by atoms with E-state index in [0.717, 1.165) is 11.3 Å². The van der Waals surface area contributed by atoms with Crippen LogP contribution in [0.2, 0.25) is 0 Å². The smallest absolute Gasteiger partial charge is 0.307 e. The summed E-state index contributed by atoms with van der Waals surface area (Å²) in [5.74, 6) is -1.86. The maximum Gasteiger partial charge on any atom is 0.307 e. The molecule has 2 N–H and O–H groups in total. The van der Waals surface area contributed by atoms with Gasteiger partial charge < -0.3 is 15.2 Å². The molecule has 0 bridgehead atoms. The minimum Gasteiger partial charge on any atom is -0.497 e. The zero-order valence-electron chi connectivity index (χ0n) is 15.6. The van der Waals surface area contributed by atoms with Gasteiger partial charge in [-0.1, -0.05) is 12.1 Å². The molecule has 1 amide bonds. The van der Waals surface area contributed by atoms with Crippen LogP contribution in [-0.4, -0.2) is 42.1 Å². The number of nitrogens with zero attached hydrogens (tertiary/aromatic N) is 1. The summed E-state index contributed by atoms with van der Waals surface area (Å²) in [6, 6.07) is 13.1. The molecule has 0 unspecified atom stereocenters. The van der Waals surface area contributed by atoms with E-state index in [-0.39, 0.29) is 18.1 Å². The highest BCUT2D eigenvalue weighted by Crippen LogP contribution is 2.25. The van der Waals surface area contributed by atoms with E-state index >= 15 is 0 Å². The summed E-state index contributed by atoms with van der Waals surface area (Å²) >= 11 is 0. The molecule has 7 heteroatoms. The number of nitrogens with one attached hydrogen (secondary N) is 1. The minimum atomic E-state index is -0.904. The zero-order chi connectivity index (χ0) is 20.1. The Labute approximate surface area is 162 Å². The van der Waals surface area contributed by atoms with Gasteiger partial charge in [0.1, 0.15) is 11.6 Å². The molecule has 0 aromatic heterocycles. The molecule has 148 valence electrons. The normalized spacial score (nSPS) is 19.8. The lowest BCUT2D eigenvalue weighted by molar-refractivity contribution is -0.145. The molecule has 1 aliphatic heterocycles. The van der Waals surface area contributed by atoms with E-state index in [1.807, 2.05) is 29.2 Å². The molecule has 2 aromatic carbocycles. The molecule has 2 atom stereocenters. The van der Waals surface area contributed by atoms with Gasteiger partial charge in [0.15, 0.2) is 0 Å². The van der Waals surface area contributed by atoms with Gasteiger partial charge in [0.25, 0.3) is 0 Å². The van der Waals surface area contributed by atoms with E-state index in [0.29, 0.717) is 25.3 Å². The fourth-order valence-electron chi connectivity index (χ4n) is 3.46. The van der Waals surface area contributed by atoms with Crippen LogP contribution in [0, 0.1) is 17.7 Å². The predicted octanol–water partition coefficient (Wildman–Crippen LogP) is 3.00. The second-order valence-electron chi connectivity index (χ2n) is 7.01. The molecule has 1 fully saturated rings. The number of aliphatic carboxylic acids is 1. The van der Waals surface area contributed by atoms with Crippen molar-refractivity contribution in [2.24, 2.45) is 11.8 Å². The maximum absolute atomic E-state index is 13.0. The van der Waals surface area contributed by atoms with Crippen LogP contribution in [0.1, 0.15) is 12.0 Å². The number of ether oxygens (including phenoxy) is 1. The van der Waals surface area contributed by atoms with Gasteiger partial charge in [0.05, 0.1) is 18.9 Å². The van der Waals surface area contributed by atoms with E-state index in [1.54, 1.807) is 7.11 Å². The highest BCUT2D eigenvalue weighted by Gasteiger charge is 2.35. The summed E-state index contributed by atoms with van der Waals surface area (Å²) in [4.78, 5) is 26.2. The monoisotopic (exact) mass is 386 g/mol. The van der Waals surface area contributed by atoms with Crippen molar-refractivity contribution in [3.63, 3.8) is 0 Å². The van der Waals surface area contributed by atoms with Gasteiger partial charge in [-0.15, -0.1) is 0 Å². The largest absolute Gasteiger partial charge is 0.497 e. The summed E-state index contributed by atoms with van der Waals surface area (Å²) in [5, 5.41) is 12.2. The van der Waals surface area contributed by atoms with E-state index in [1.165, 1.54) is 24.3 Å². The van der Waals surface area contributed by atoms with Gasteiger partial charge in [0, 0.05) is 25.3 Å². The molecular weight excluding hydrogens is 363 g/mol. The molecule has 1 aliphatic rings. The molecular formula is C21H23FN2O4. The van der Waals surface area contributed by atoms with Crippen LogP contribution < -0.4 is 10.1 Å². The number of likely N-dealkylation sites (tertiary alicyclic amines) is 1. The van der Waals surface area contributed by atoms with Crippen LogP contribution in [0.3, 0.4) is 0 Å². The van der Waals surface area contributed by atoms with Gasteiger partial charge in [0.2, 0.25) is 5.91 Å². The number of carboxylic acid groups (broad SMARTS) is 1. The minimum absolute atomic E-state index is 0.253. The van der Waals surface area contributed by atoms with E-state index < -0.39 is 17.8 Å². The van der Waals surface area contributed by atoms with Crippen molar-refractivity contribution in [2.75, 3.05) is 25.5 Å². The highest BCUT2D eigenvalue weighted by molar-refractivity contribution is 5.93. The number of hydrogen-bond acceptors (Lipinski definition) is 4. The number of halogens is 1. The van der Waals surface area contributed by atoms with Crippen molar-refractivity contribution in [1.82, 2.24) is 4.90 Å². The third-order valence-corrected chi connectivity index (χ3v) is 4.92. The molecule has 1 saturated heterocycles. The quantitative estimate of drug-likeness (QED) is 0.798. The summed E-state index contributed by atoms with van der Waals surface area (Å²) in [5.41, 5.74) is 1.51. The Bertz CT molecular complexity index is 823. The first-order chi connectivity index (χ1) is 13.4. The first kappa shape index (κ1) is 19.8. The number of methoxy groups -OCH3 is 1. The van der Waals surface area contributed by atoms with Crippen molar-refractivity contribution in [2.45, 2.75) is 13.0 Å². The lowest BCUT2D eigenvalue weighted by atomic mass is 9.88. The molecule has 6 nitrogen and oxygen atoms in total. The molecule has 0 spiro atoms. The van der Waals surface area contributed by atoms with Crippen molar-refractivity contribution >= 4 is 17.6 Å². The first-order valence-electron chi connectivity index (χ1n) is 9.09. The Kier molecular flexibility index (Phi) is 6.26. The van der Waals surface area contributed by atoms with Crippen LogP contribution in [-0.2, 0) is 16.1 Å². The zero-order valence-corrected chi connectivity index (χ0v) is 15.6. The fraction of sp³-hybridized carbons (Fsp3) is 0.333. The molecule has 0 radical (unpaired) electrons. The number of hydrogen-bond donors (Lipinski definition) is 2. The average Bonchev–Trinajstić information content (AvgIpc) is 2.70. The standard InChI is InChI=1S/C21H23FN2O4/c1-28-19-8-2-14(3-9-19)11-24-12-15(10-16(13-24)21(26)27)20(25)23-18-6-4-17(22)5-7-18/h2-9,15-16H,10-13H2,1H3,(H,23,25)(H,26,27)/t15-,16-/m1/s1.